The topological polar surface area (TPSA) is 50.7 Å². The van der Waals surface area contributed by atoms with Crippen LogP contribution in [0.15, 0.2) is 12.1 Å². The van der Waals surface area contributed by atoms with E-state index in [2.05, 4.69) is 5.32 Å². The smallest absolute Gasteiger partial charge is 0.165 e. The molecule has 0 radical (unpaired) electrons. The molecule has 1 fully saturated rings. The summed E-state index contributed by atoms with van der Waals surface area (Å²) < 4.78 is 23.7. The molecule has 0 spiro atoms. The molecule has 0 aromatic heterocycles. The zero-order valence-corrected chi connectivity index (χ0v) is 9.00. The van der Waals surface area contributed by atoms with Crippen LogP contribution in [-0.4, -0.2) is 31.9 Å². The van der Waals surface area contributed by atoms with Crippen LogP contribution < -0.4 is 10.1 Å². The standard InChI is InChI=1S/C11H14FNO3/c1-15-10-5-9(14)7(4-8(10)12)11-6-13-2-3-16-11/h4-5,11,13-14H,2-3,6H2,1H3. The second kappa shape index (κ2) is 4.67. The van der Waals surface area contributed by atoms with Crippen molar-refractivity contribution in [1.82, 2.24) is 5.32 Å². The molecule has 2 rings (SSSR count). The fourth-order valence-electron chi connectivity index (χ4n) is 1.74. The predicted octanol–water partition coefficient (Wildman–Crippen LogP) is 1.20. The number of phenolic OH excluding ortho intramolecular Hbond substituents is 1. The minimum absolute atomic E-state index is 0.00745. The zero-order valence-electron chi connectivity index (χ0n) is 9.00. The summed E-state index contributed by atoms with van der Waals surface area (Å²) in [5, 5.41) is 12.9. The molecule has 2 N–H and O–H groups in total. The van der Waals surface area contributed by atoms with Crippen molar-refractivity contribution in [1.29, 1.82) is 0 Å². The van der Waals surface area contributed by atoms with Crippen LogP contribution >= 0.6 is 0 Å². The van der Waals surface area contributed by atoms with Crippen molar-refractivity contribution in [3.8, 4) is 11.5 Å². The Hall–Kier alpha value is -1.33. The highest BCUT2D eigenvalue weighted by Crippen LogP contribution is 2.33. The van der Waals surface area contributed by atoms with Gasteiger partial charge in [0.25, 0.3) is 0 Å². The third-order valence-corrected chi connectivity index (χ3v) is 2.58. The monoisotopic (exact) mass is 227 g/mol. The minimum atomic E-state index is -0.496. The van der Waals surface area contributed by atoms with E-state index in [0.29, 0.717) is 18.7 Å². The van der Waals surface area contributed by atoms with Gasteiger partial charge in [0, 0.05) is 24.7 Å². The molecule has 0 bridgehead atoms. The van der Waals surface area contributed by atoms with E-state index < -0.39 is 5.82 Å². The van der Waals surface area contributed by atoms with E-state index in [-0.39, 0.29) is 17.6 Å². The number of halogens is 1. The molecule has 1 heterocycles. The molecular formula is C11H14FNO3. The van der Waals surface area contributed by atoms with Gasteiger partial charge in [-0.25, -0.2) is 4.39 Å². The molecule has 1 aromatic carbocycles. The van der Waals surface area contributed by atoms with Gasteiger partial charge in [-0.1, -0.05) is 0 Å². The summed E-state index contributed by atoms with van der Waals surface area (Å²) in [6, 6.07) is 2.52. The van der Waals surface area contributed by atoms with E-state index in [0.717, 1.165) is 6.54 Å². The van der Waals surface area contributed by atoms with Crippen molar-refractivity contribution in [3.05, 3.63) is 23.5 Å². The van der Waals surface area contributed by atoms with Gasteiger partial charge < -0.3 is 19.9 Å². The first kappa shape index (κ1) is 11.2. The molecule has 5 heteroatoms. The Morgan fingerprint density at radius 1 is 1.56 bits per heavy atom. The molecule has 1 unspecified atom stereocenters. The van der Waals surface area contributed by atoms with Crippen LogP contribution in [0.25, 0.3) is 0 Å². The second-order valence-corrected chi connectivity index (χ2v) is 3.61. The first-order valence-electron chi connectivity index (χ1n) is 5.11. The lowest BCUT2D eigenvalue weighted by Crippen LogP contribution is -2.33. The van der Waals surface area contributed by atoms with E-state index in [1.165, 1.54) is 19.2 Å². The summed E-state index contributed by atoms with van der Waals surface area (Å²) in [5.74, 6) is -0.471. The molecule has 1 saturated heterocycles. The highest BCUT2D eigenvalue weighted by molar-refractivity contribution is 5.42. The number of rotatable bonds is 2. The van der Waals surface area contributed by atoms with Crippen LogP contribution in [-0.2, 0) is 4.74 Å². The number of hydrogen-bond acceptors (Lipinski definition) is 4. The van der Waals surface area contributed by atoms with Gasteiger partial charge in [-0.15, -0.1) is 0 Å². The number of benzene rings is 1. The SMILES string of the molecule is COc1cc(O)c(C2CNCCO2)cc1F. The molecule has 16 heavy (non-hydrogen) atoms. The first-order chi connectivity index (χ1) is 7.72. The third-order valence-electron chi connectivity index (χ3n) is 2.58. The third kappa shape index (κ3) is 2.10. The molecule has 0 saturated carbocycles. The van der Waals surface area contributed by atoms with Crippen molar-refractivity contribution in [2.75, 3.05) is 26.8 Å². The fraction of sp³-hybridized carbons (Fsp3) is 0.455. The van der Waals surface area contributed by atoms with Crippen LogP contribution in [0.4, 0.5) is 4.39 Å². The largest absolute Gasteiger partial charge is 0.507 e. The highest BCUT2D eigenvalue weighted by atomic mass is 19.1. The Labute approximate surface area is 93.0 Å². The van der Waals surface area contributed by atoms with Crippen molar-refractivity contribution in [2.24, 2.45) is 0 Å². The normalized spacial score (nSPS) is 20.8. The molecule has 0 aliphatic carbocycles. The van der Waals surface area contributed by atoms with Gasteiger partial charge in [-0.3, -0.25) is 0 Å². The van der Waals surface area contributed by atoms with Crippen LogP contribution in [0.1, 0.15) is 11.7 Å². The van der Waals surface area contributed by atoms with E-state index in [1.54, 1.807) is 0 Å². The summed E-state index contributed by atoms with van der Waals surface area (Å²) >= 11 is 0. The summed E-state index contributed by atoms with van der Waals surface area (Å²) in [5.41, 5.74) is 0.450. The molecular weight excluding hydrogens is 213 g/mol. The van der Waals surface area contributed by atoms with Gasteiger partial charge in [-0.05, 0) is 6.07 Å². The van der Waals surface area contributed by atoms with E-state index in [4.69, 9.17) is 9.47 Å². The lowest BCUT2D eigenvalue weighted by molar-refractivity contribution is 0.0261. The molecule has 1 aromatic rings. The van der Waals surface area contributed by atoms with E-state index >= 15 is 0 Å². The van der Waals surface area contributed by atoms with Crippen molar-refractivity contribution >= 4 is 0 Å². The summed E-state index contributed by atoms with van der Waals surface area (Å²) in [4.78, 5) is 0. The molecule has 4 nitrogen and oxygen atoms in total. The Balaban J connectivity index is 2.29. The highest BCUT2D eigenvalue weighted by Gasteiger charge is 2.21. The van der Waals surface area contributed by atoms with Crippen molar-refractivity contribution in [3.63, 3.8) is 0 Å². The average Bonchev–Trinajstić information content (AvgIpc) is 2.32. The van der Waals surface area contributed by atoms with Crippen LogP contribution in [0.2, 0.25) is 0 Å². The summed E-state index contributed by atoms with van der Waals surface area (Å²) in [6.45, 7) is 1.90. The Morgan fingerprint density at radius 3 is 3.00 bits per heavy atom. The Bertz CT molecular complexity index is 378. The number of aromatic hydroxyl groups is 1. The maximum atomic E-state index is 13.5. The summed E-state index contributed by atoms with van der Waals surface area (Å²) in [6.07, 6.45) is -0.311. The Morgan fingerprint density at radius 2 is 2.38 bits per heavy atom. The van der Waals surface area contributed by atoms with Crippen LogP contribution in [0.5, 0.6) is 11.5 Å². The van der Waals surface area contributed by atoms with Crippen molar-refractivity contribution in [2.45, 2.75) is 6.10 Å². The average molecular weight is 227 g/mol. The number of ether oxygens (including phenoxy) is 2. The first-order valence-corrected chi connectivity index (χ1v) is 5.11. The lowest BCUT2D eigenvalue weighted by Gasteiger charge is -2.24. The molecule has 1 atom stereocenters. The molecule has 1 aliphatic heterocycles. The maximum absolute atomic E-state index is 13.5. The zero-order chi connectivity index (χ0) is 11.5. The van der Waals surface area contributed by atoms with Gasteiger partial charge >= 0.3 is 0 Å². The van der Waals surface area contributed by atoms with Gasteiger partial charge in [0.15, 0.2) is 11.6 Å². The lowest BCUT2D eigenvalue weighted by atomic mass is 10.1. The van der Waals surface area contributed by atoms with Gasteiger partial charge in [0.1, 0.15) is 5.75 Å². The number of hydrogen-bond donors (Lipinski definition) is 2. The number of phenols is 1. The Kier molecular flexibility index (Phi) is 3.26. The quantitative estimate of drug-likeness (QED) is 0.797. The summed E-state index contributed by atoms with van der Waals surface area (Å²) in [7, 11) is 1.36. The number of morpholine rings is 1. The van der Waals surface area contributed by atoms with Gasteiger partial charge in [-0.2, -0.15) is 0 Å². The van der Waals surface area contributed by atoms with Gasteiger partial charge in [0.05, 0.1) is 19.8 Å². The van der Waals surface area contributed by atoms with E-state index in [9.17, 15) is 9.50 Å². The van der Waals surface area contributed by atoms with Crippen LogP contribution in [0.3, 0.4) is 0 Å². The van der Waals surface area contributed by atoms with Crippen LogP contribution in [0, 0.1) is 5.82 Å². The molecule has 0 amide bonds. The van der Waals surface area contributed by atoms with E-state index in [1.807, 2.05) is 0 Å². The molecule has 88 valence electrons. The minimum Gasteiger partial charge on any atom is -0.507 e. The predicted molar refractivity (Wildman–Crippen MR) is 56.2 cm³/mol. The van der Waals surface area contributed by atoms with Gasteiger partial charge in [0.2, 0.25) is 0 Å². The van der Waals surface area contributed by atoms with Crippen molar-refractivity contribution < 1.29 is 19.0 Å². The second-order valence-electron chi connectivity index (χ2n) is 3.61. The number of nitrogens with one attached hydrogen (secondary N) is 1. The fourth-order valence-corrected chi connectivity index (χ4v) is 1.74. The molecule has 1 aliphatic rings. The number of methoxy groups -OCH3 is 1. The maximum Gasteiger partial charge on any atom is 0.165 e.